The van der Waals surface area contributed by atoms with Gasteiger partial charge in [0, 0.05) is 19.6 Å². The highest BCUT2D eigenvalue weighted by molar-refractivity contribution is 5.39. The maximum Gasteiger partial charge on any atom is 0.197 e. The van der Waals surface area contributed by atoms with Gasteiger partial charge in [-0.25, -0.2) is 4.39 Å². The topological polar surface area (TPSA) is 32.7 Å². The molecule has 1 unspecified atom stereocenters. The van der Waals surface area contributed by atoms with Gasteiger partial charge in [0.15, 0.2) is 17.3 Å². The van der Waals surface area contributed by atoms with Gasteiger partial charge in [-0.3, -0.25) is 4.90 Å². The molecule has 1 aliphatic rings. The zero-order chi connectivity index (χ0) is 14.7. The Bertz CT molecular complexity index is 583. The number of phenols is 1. The largest absolute Gasteiger partial charge is 0.504 e. The minimum atomic E-state index is -0.517. The zero-order valence-electron chi connectivity index (χ0n) is 11.7. The molecule has 110 valence electrons. The molecule has 0 amide bonds. The van der Waals surface area contributed by atoms with Crippen LogP contribution in [0.2, 0.25) is 0 Å². The molecule has 0 bridgehead atoms. The van der Waals surface area contributed by atoms with Crippen LogP contribution in [-0.2, 0) is 6.54 Å². The molecule has 1 heterocycles. The molecule has 0 aromatic heterocycles. The van der Waals surface area contributed by atoms with Crippen molar-refractivity contribution in [3.05, 3.63) is 59.9 Å². The van der Waals surface area contributed by atoms with Crippen LogP contribution in [0.4, 0.5) is 4.39 Å². The van der Waals surface area contributed by atoms with Crippen LogP contribution >= 0.6 is 0 Å². The molecule has 1 fully saturated rings. The molecule has 3 nitrogen and oxygen atoms in total. The summed E-state index contributed by atoms with van der Waals surface area (Å²) in [6, 6.07) is 14.4. The Hall–Kier alpha value is -2.07. The SMILES string of the molecule is Oc1cccc(F)c1OC1CCN(Cc2ccccc2)C1. The van der Waals surface area contributed by atoms with Crippen molar-refractivity contribution >= 4 is 0 Å². The third kappa shape index (κ3) is 3.34. The number of halogens is 1. The van der Waals surface area contributed by atoms with E-state index in [-0.39, 0.29) is 17.6 Å². The van der Waals surface area contributed by atoms with Gasteiger partial charge >= 0.3 is 0 Å². The predicted octanol–water partition coefficient (Wildman–Crippen LogP) is 3.18. The lowest BCUT2D eigenvalue weighted by molar-refractivity contribution is 0.184. The fourth-order valence-corrected chi connectivity index (χ4v) is 2.66. The molecule has 1 atom stereocenters. The highest BCUT2D eigenvalue weighted by Gasteiger charge is 2.25. The van der Waals surface area contributed by atoms with Crippen LogP contribution in [0.15, 0.2) is 48.5 Å². The second kappa shape index (κ2) is 6.14. The van der Waals surface area contributed by atoms with E-state index < -0.39 is 5.82 Å². The Morgan fingerprint density at radius 2 is 1.95 bits per heavy atom. The number of ether oxygens (including phenoxy) is 1. The zero-order valence-corrected chi connectivity index (χ0v) is 11.7. The minimum absolute atomic E-state index is 0.0379. The molecule has 1 N–H and O–H groups in total. The number of para-hydroxylation sites is 1. The van der Waals surface area contributed by atoms with Crippen LogP contribution in [0.5, 0.6) is 11.5 Å². The van der Waals surface area contributed by atoms with Gasteiger partial charge in [-0.05, 0) is 24.1 Å². The first kappa shape index (κ1) is 13.9. The summed E-state index contributed by atoms with van der Waals surface area (Å²) >= 11 is 0. The Balaban J connectivity index is 1.60. The molecule has 1 saturated heterocycles. The predicted molar refractivity (Wildman–Crippen MR) is 78.8 cm³/mol. The van der Waals surface area contributed by atoms with Crippen LogP contribution in [0, 0.1) is 5.82 Å². The summed E-state index contributed by atoms with van der Waals surface area (Å²) < 4.78 is 19.3. The molecule has 2 aromatic carbocycles. The van der Waals surface area contributed by atoms with Crippen molar-refractivity contribution in [1.82, 2.24) is 4.90 Å². The van der Waals surface area contributed by atoms with Crippen molar-refractivity contribution in [3.8, 4) is 11.5 Å². The Morgan fingerprint density at radius 3 is 2.71 bits per heavy atom. The maximum atomic E-state index is 13.6. The van der Waals surface area contributed by atoms with E-state index >= 15 is 0 Å². The van der Waals surface area contributed by atoms with Crippen molar-refractivity contribution < 1.29 is 14.2 Å². The van der Waals surface area contributed by atoms with Crippen molar-refractivity contribution in [2.24, 2.45) is 0 Å². The van der Waals surface area contributed by atoms with Gasteiger partial charge in [-0.15, -0.1) is 0 Å². The third-order valence-electron chi connectivity index (χ3n) is 3.71. The summed E-state index contributed by atoms with van der Waals surface area (Å²) in [7, 11) is 0. The smallest absolute Gasteiger partial charge is 0.197 e. The number of nitrogens with zero attached hydrogens (tertiary/aromatic N) is 1. The van der Waals surface area contributed by atoms with Gasteiger partial charge in [-0.2, -0.15) is 0 Å². The van der Waals surface area contributed by atoms with Crippen LogP contribution in [0.1, 0.15) is 12.0 Å². The van der Waals surface area contributed by atoms with E-state index in [1.807, 2.05) is 18.2 Å². The fraction of sp³-hybridized carbons (Fsp3) is 0.294. The average Bonchev–Trinajstić information content (AvgIpc) is 2.91. The first-order chi connectivity index (χ1) is 10.2. The number of hydrogen-bond acceptors (Lipinski definition) is 3. The van der Waals surface area contributed by atoms with Gasteiger partial charge in [0.05, 0.1) is 0 Å². The third-order valence-corrected chi connectivity index (χ3v) is 3.71. The summed E-state index contributed by atoms with van der Waals surface area (Å²) in [5.41, 5.74) is 1.26. The van der Waals surface area contributed by atoms with E-state index in [1.54, 1.807) is 0 Å². The van der Waals surface area contributed by atoms with E-state index in [9.17, 15) is 9.50 Å². The number of rotatable bonds is 4. The molecule has 0 radical (unpaired) electrons. The standard InChI is InChI=1S/C17H18FNO2/c18-15-7-4-8-16(20)17(15)21-14-9-10-19(12-14)11-13-5-2-1-3-6-13/h1-8,14,20H,9-12H2. The number of likely N-dealkylation sites (tertiary alicyclic amines) is 1. The molecule has 2 aromatic rings. The second-order valence-electron chi connectivity index (χ2n) is 5.34. The summed E-state index contributed by atoms with van der Waals surface area (Å²) in [5.74, 6) is -0.697. The van der Waals surface area contributed by atoms with Crippen molar-refractivity contribution in [3.63, 3.8) is 0 Å². The molecule has 21 heavy (non-hydrogen) atoms. The molecular weight excluding hydrogens is 269 g/mol. The summed E-state index contributed by atoms with van der Waals surface area (Å²) in [6.45, 7) is 2.52. The first-order valence-corrected chi connectivity index (χ1v) is 7.13. The lowest BCUT2D eigenvalue weighted by Crippen LogP contribution is -2.24. The Labute approximate surface area is 123 Å². The molecule has 1 aliphatic heterocycles. The first-order valence-electron chi connectivity index (χ1n) is 7.13. The molecule has 0 aliphatic carbocycles. The number of benzene rings is 2. The lowest BCUT2D eigenvalue weighted by Gasteiger charge is -2.17. The Kier molecular flexibility index (Phi) is 4.06. The highest BCUT2D eigenvalue weighted by atomic mass is 19.1. The normalized spacial score (nSPS) is 18.8. The monoisotopic (exact) mass is 287 g/mol. The van der Waals surface area contributed by atoms with E-state index in [0.29, 0.717) is 0 Å². The molecule has 0 saturated carbocycles. The summed E-state index contributed by atoms with van der Waals surface area (Å²) in [5, 5.41) is 9.67. The molecule has 3 rings (SSSR count). The van der Waals surface area contributed by atoms with E-state index in [4.69, 9.17) is 4.74 Å². The van der Waals surface area contributed by atoms with Crippen LogP contribution in [0.3, 0.4) is 0 Å². The van der Waals surface area contributed by atoms with Gasteiger partial charge in [0.2, 0.25) is 0 Å². The number of hydrogen-bond donors (Lipinski definition) is 1. The van der Waals surface area contributed by atoms with Crippen molar-refractivity contribution in [2.45, 2.75) is 19.1 Å². The summed E-state index contributed by atoms with van der Waals surface area (Å²) in [6.07, 6.45) is 0.747. The quantitative estimate of drug-likeness (QED) is 0.937. The van der Waals surface area contributed by atoms with E-state index in [2.05, 4.69) is 17.0 Å². The van der Waals surface area contributed by atoms with Crippen LogP contribution in [-0.4, -0.2) is 29.2 Å². The summed E-state index contributed by atoms with van der Waals surface area (Å²) in [4.78, 5) is 2.28. The molecule has 0 spiro atoms. The Morgan fingerprint density at radius 1 is 1.14 bits per heavy atom. The minimum Gasteiger partial charge on any atom is -0.504 e. The number of aromatic hydroxyl groups is 1. The highest BCUT2D eigenvalue weighted by Crippen LogP contribution is 2.31. The fourth-order valence-electron chi connectivity index (χ4n) is 2.66. The van der Waals surface area contributed by atoms with Crippen LogP contribution in [0.25, 0.3) is 0 Å². The van der Waals surface area contributed by atoms with Crippen LogP contribution < -0.4 is 4.74 Å². The lowest BCUT2D eigenvalue weighted by atomic mass is 10.2. The number of phenolic OH excluding ortho intramolecular Hbond substituents is 1. The van der Waals surface area contributed by atoms with Gasteiger partial charge in [0.25, 0.3) is 0 Å². The van der Waals surface area contributed by atoms with E-state index in [1.165, 1.54) is 23.8 Å². The molecule has 4 heteroatoms. The maximum absolute atomic E-state index is 13.6. The molecular formula is C17H18FNO2. The van der Waals surface area contributed by atoms with Gasteiger partial charge < -0.3 is 9.84 Å². The van der Waals surface area contributed by atoms with Gasteiger partial charge in [0.1, 0.15) is 6.10 Å². The van der Waals surface area contributed by atoms with Crippen molar-refractivity contribution in [2.75, 3.05) is 13.1 Å². The van der Waals surface area contributed by atoms with E-state index in [0.717, 1.165) is 26.1 Å². The second-order valence-corrected chi connectivity index (χ2v) is 5.34. The average molecular weight is 287 g/mol. The van der Waals surface area contributed by atoms with Gasteiger partial charge in [-0.1, -0.05) is 36.4 Å². The van der Waals surface area contributed by atoms with Crippen molar-refractivity contribution in [1.29, 1.82) is 0 Å².